The molecule has 1 aromatic rings. The highest BCUT2D eigenvalue weighted by atomic mass is 16.5. The van der Waals surface area contributed by atoms with E-state index >= 15 is 0 Å². The number of amides is 1. The van der Waals surface area contributed by atoms with Gasteiger partial charge in [0, 0.05) is 19.2 Å². The molecule has 1 aromatic carbocycles. The molecule has 1 rings (SSSR count). The monoisotopic (exact) mass is 280 g/mol. The van der Waals surface area contributed by atoms with Crippen LogP contribution in [0, 0.1) is 5.92 Å². The van der Waals surface area contributed by atoms with Gasteiger partial charge < -0.3 is 20.1 Å². The molecule has 0 spiro atoms. The first-order valence-corrected chi connectivity index (χ1v) is 6.62. The van der Waals surface area contributed by atoms with Crippen molar-refractivity contribution < 1.29 is 14.3 Å². The summed E-state index contributed by atoms with van der Waals surface area (Å²) in [4.78, 5) is 13.8. The number of carbonyl (C=O) groups excluding carboxylic acids is 1. The lowest BCUT2D eigenvalue weighted by Crippen LogP contribution is -2.44. The number of nitrogens with zero attached hydrogens (tertiary/aromatic N) is 1. The Balaban J connectivity index is 2.90. The quantitative estimate of drug-likeness (QED) is 0.860. The Labute approximate surface area is 120 Å². The van der Waals surface area contributed by atoms with Crippen molar-refractivity contribution in [2.75, 3.05) is 21.3 Å². The maximum absolute atomic E-state index is 12.2. The molecule has 0 heterocycles. The van der Waals surface area contributed by atoms with E-state index in [1.54, 1.807) is 26.2 Å². The molecule has 0 aliphatic rings. The number of benzene rings is 1. The summed E-state index contributed by atoms with van der Waals surface area (Å²) in [5, 5.41) is 0. The highest BCUT2D eigenvalue weighted by Crippen LogP contribution is 2.31. The van der Waals surface area contributed by atoms with Crippen molar-refractivity contribution in [2.24, 2.45) is 11.7 Å². The molecule has 0 bridgehead atoms. The zero-order chi connectivity index (χ0) is 15.3. The molecule has 1 amide bonds. The third-order valence-corrected chi connectivity index (χ3v) is 3.27. The number of hydrogen-bond donors (Lipinski definition) is 1. The second-order valence-corrected chi connectivity index (χ2v) is 5.12. The Morgan fingerprint density at radius 1 is 1.30 bits per heavy atom. The maximum atomic E-state index is 12.2. The van der Waals surface area contributed by atoms with Crippen LogP contribution in [-0.4, -0.2) is 38.1 Å². The highest BCUT2D eigenvalue weighted by molar-refractivity contribution is 5.81. The molecular formula is C15H24N2O3. The van der Waals surface area contributed by atoms with Gasteiger partial charge in [-0.1, -0.05) is 26.0 Å². The van der Waals surface area contributed by atoms with Crippen LogP contribution in [-0.2, 0) is 11.3 Å². The zero-order valence-corrected chi connectivity index (χ0v) is 12.8. The number of para-hydroxylation sites is 1. The second kappa shape index (κ2) is 7.14. The molecule has 0 aliphatic carbocycles. The van der Waals surface area contributed by atoms with E-state index < -0.39 is 6.04 Å². The first kappa shape index (κ1) is 16.3. The van der Waals surface area contributed by atoms with E-state index in [1.807, 2.05) is 32.0 Å². The topological polar surface area (TPSA) is 64.8 Å². The molecule has 0 radical (unpaired) electrons. The third kappa shape index (κ3) is 3.63. The summed E-state index contributed by atoms with van der Waals surface area (Å²) in [5.41, 5.74) is 6.78. The van der Waals surface area contributed by atoms with E-state index in [2.05, 4.69) is 0 Å². The van der Waals surface area contributed by atoms with Crippen LogP contribution < -0.4 is 15.2 Å². The second-order valence-electron chi connectivity index (χ2n) is 5.12. The van der Waals surface area contributed by atoms with Gasteiger partial charge in [-0.15, -0.1) is 0 Å². The zero-order valence-electron chi connectivity index (χ0n) is 12.8. The maximum Gasteiger partial charge on any atom is 0.239 e. The van der Waals surface area contributed by atoms with E-state index in [9.17, 15) is 4.79 Å². The molecule has 0 unspecified atom stereocenters. The fourth-order valence-corrected chi connectivity index (χ4v) is 1.95. The van der Waals surface area contributed by atoms with Crippen LogP contribution in [0.2, 0.25) is 0 Å². The number of nitrogens with two attached hydrogens (primary N) is 1. The summed E-state index contributed by atoms with van der Waals surface area (Å²) in [6, 6.07) is 5.12. The van der Waals surface area contributed by atoms with Gasteiger partial charge in [0.1, 0.15) is 0 Å². The van der Waals surface area contributed by atoms with E-state index in [-0.39, 0.29) is 11.8 Å². The van der Waals surface area contributed by atoms with Crippen LogP contribution in [0.5, 0.6) is 11.5 Å². The molecule has 112 valence electrons. The number of likely N-dealkylation sites (N-methyl/N-ethyl adjacent to an activating group) is 1. The Kier molecular flexibility index (Phi) is 5.82. The van der Waals surface area contributed by atoms with Crippen molar-refractivity contribution in [3.05, 3.63) is 23.8 Å². The fourth-order valence-electron chi connectivity index (χ4n) is 1.95. The standard InChI is InChI=1S/C15H24N2O3/c1-10(2)13(16)15(18)17(3)9-11-7-6-8-12(19-4)14(11)20-5/h6-8,10,13H,9,16H2,1-5H3/t13-/m0/s1. The van der Waals surface area contributed by atoms with Gasteiger partial charge in [0.05, 0.1) is 20.3 Å². The molecule has 0 fully saturated rings. The van der Waals surface area contributed by atoms with Crippen molar-refractivity contribution >= 4 is 5.91 Å². The van der Waals surface area contributed by atoms with Crippen molar-refractivity contribution in [2.45, 2.75) is 26.4 Å². The Hall–Kier alpha value is -1.75. The molecule has 2 N–H and O–H groups in total. The Morgan fingerprint density at radius 2 is 1.95 bits per heavy atom. The van der Waals surface area contributed by atoms with Crippen LogP contribution in [0.4, 0.5) is 0 Å². The van der Waals surface area contributed by atoms with Crippen LogP contribution in [0.15, 0.2) is 18.2 Å². The summed E-state index contributed by atoms with van der Waals surface area (Å²) in [5.74, 6) is 1.33. The molecule has 0 aliphatic heterocycles. The van der Waals surface area contributed by atoms with Crippen LogP contribution in [0.1, 0.15) is 19.4 Å². The van der Waals surface area contributed by atoms with E-state index in [0.717, 1.165) is 5.56 Å². The normalized spacial score (nSPS) is 12.2. The predicted molar refractivity (Wildman–Crippen MR) is 78.8 cm³/mol. The lowest BCUT2D eigenvalue weighted by Gasteiger charge is -2.24. The van der Waals surface area contributed by atoms with Crippen molar-refractivity contribution in [1.82, 2.24) is 4.90 Å². The molecule has 5 heteroatoms. The first-order chi connectivity index (χ1) is 9.42. The van der Waals surface area contributed by atoms with Crippen molar-refractivity contribution in [1.29, 1.82) is 0 Å². The molecule has 0 saturated carbocycles. The Morgan fingerprint density at radius 3 is 2.45 bits per heavy atom. The van der Waals surface area contributed by atoms with Crippen LogP contribution >= 0.6 is 0 Å². The minimum absolute atomic E-state index is 0.0788. The van der Waals surface area contributed by atoms with Crippen molar-refractivity contribution in [3.63, 3.8) is 0 Å². The number of ether oxygens (including phenoxy) is 2. The molecule has 20 heavy (non-hydrogen) atoms. The lowest BCUT2D eigenvalue weighted by atomic mass is 10.0. The average Bonchev–Trinajstić information content (AvgIpc) is 2.44. The molecule has 0 aromatic heterocycles. The summed E-state index contributed by atoms with van der Waals surface area (Å²) in [6.45, 7) is 4.30. The van der Waals surface area contributed by atoms with Crippen LogP contribution in [0.25, 0.3) is 0 Å². The SMILES string of the molecule is COc1cccc(CN(C)C(=O)[C@@H](N)C(C)C)c1OC. The molecule has 0 saturated heterocycles. The lowest BCUT2D eigenvalue weighted by molar-refractivity contribution is -0.132. The highest BCUT2D eigenvalue weighted by Gasteiger charge is 2.22. The van der Waals surface area contributed by atoms with Gasteiger partial charge in [0.15, 0.2) is 11.5 Å². The summed E-state index contributed by atoms with van der Waals surface area (Å²) < 4.78 is 10.6. The van der Waals surface area contributed by atoms with Gasteiger partial charge >= 0.3 is 0 Å². The van der Waals surface area contributed by atoms with Gasteiger partial charge in [0.2, 0.25) is 5.91 Å². The fraction of sp³-hybridized carbons (Fsp3) is 0.533. The minimum atomic E-state index is -0.489. The molecular weight excluding hydrogens is 256 g/mol. The van der Waals surface area contributed by atoms with Gasteiger partial charge in [-0.05, 0) is 12.0 Å². The number of methoxy groups -OCH3 is 2. The van der Waals surface area contributed by atoms with E-state index in [1.165, 1.54) is 0 Å². The predicted octanol–water partition coefficient (Wildman–Crippen LogP) is 1.65. The third-order valence-electron chi connectivity index (χ3n) is 3.27. The van der Waals surface area contributed by atoms with Gasteiger partial charge in [-0.2, -0.15) is 0 Å². The van der Waals surface area contributed by atoms with Crippen molar-refractivity contribution in [3.8, 4) is 11.5 Å². The van der Waals surface area contributed by atoms with E-state index in [0.29, 0.717) is 18.0 Å². The average molecular weight is 280 g/mol. The summed E-state index contributed by atoms with van der Waals surface area (Å²) >= 11 is 0. The smallest absolute Gasteiger partial charge is 0.239 e. The number of carbonyl (C=O) groups is 1. The van der Waals surface area contributed by atoms with E-state index in [4.69, 9.17) is 15.2 Å². The van der Waals surface area contributed by atoms with Gasteiger partial charge in [0.25, 0.3) is 0 Å². The largest absolute Gasteiger partial charge is 0.493 e. The van der Waals surface area contributed by atoms with Gasteiger partial charge in [-0.25, -0.2) is 0 Å². The minimum Gasteiger partial charge on any atom is -0.493 e. The Bertz CT molecular complexity index is 460. The van der Waals surface area contributed by atoms with Gasteiger partial charge in [-0.3, -0.25) is 4.79 Å². The number of hydrogen-bond acceptors (Lipinski definition) is 4. The van der Waals surface area contributed by atoms with Crippen LogP contribution in [0.3, 0.4) is 0 Å². The first-order valence-electron chi connectivity index (χ1n) is 6.62. The number of rotatable bonds is 6. The summed E-state index contributed by atoms with van der Waals surface area (Å²) in [6.07, 6.45) is 0. The summed E-state index contributed by atoms with van der Waals surface area (Å²) in [7, 11) is 4.91. The molecule has 1 atom stereocenters. The molecule has 5 nitrogen and oxygen atoms in total.